The van der Waals surface area contributed by atoms with Crippen molar-refractivity contribution in [3.8, 4) is 0 Å². The van der Waals surface area contributed by atoms with Crippen molar-refractivity contribution in [1.82, 2.24) is 0 Å². The molecule has 0 heterocycles. The molecule has 10 heavy (non-hydrogen) atoms. The van der Waals surface area contributed by atoms with E-state index in [9.17, 15) is 4.79 Å². The third-order valence-corrected chi connectivity index (χ3v) is 1.95. The van der Waals surface area contributed by atoms with Gasteiger partial charge in [0.15, 0.2) is 0 Å². The van der Waals surface area contributed by atoms with Gasteiger partial charge in [-0.15, -0.1) is 0 Å². The van der Waals surface area contributed by atoms with Gasteiger partial charge in [-0.05, 0) is 0 Å². The number of rotatable bonds is 2. The van der Waals surface area contributed by atoms with Crippen molar-refractivity contribution < 1.29 is 48.2 Å². The van der Waals surface area contributed by atoms with E-state index in [0.29, 0.717) is 5.92 Å². The van der Waals surface area contributed by atoms with Gasteiger partial charge < -0.3 is 0 Å². The summed E-state index contributed by atoms with van der Waals surface area (Å²) < 4.78 is 6.21. The average Bonchev–Trinajstić information content (AvgIpc) is 2.05. The van der Waals surface area contributed by atoms with E-state index >= 15 is 0 Å². The van der Waals surface area contributed by atoms with Crippen LogP contribution in [-0.2, 0) is 48.2 Å². The molecule has 0 fully saturated rings. The molecule has 0 unspecified atom stereocenters. The van der Waals surface area contributed by atoms with Crippen LogP contribution in [0.5, 0.6) is 0 Å². The third kappa shape index (κ3) is 6.57. The van der Waals surface area contributed by atoms with Crippen molar-refractivity contribution in [3.05, 3.63) is 5.92 Å². The second-order valence-corrected chi connectivity index (χ2v) is 2.14. The molecule has 0 bridgehead atoms. The van der Waals surface area contributed by atoms with E-state index in [-0.39, 0.29) is 5.97 Å². The molecule has 0 aliphatic carbocycles. The molecule has 0 rings (SSSR count). The van der Waals surface area contributed by atoms with Crippen molar-refractivity contribution in [2.45, 2.75) is 6.92 Å². The Bertz CT molecular complexity index is 114. The first-order chi connectivity index (χ1) is 4.72. The van der Waals surface area contributed by atoms with E-state index in [4.69, 9.17) is 0 Å². The summed E-state index contributed by atoms with van der Waals surface area (Å²) in [5.41, 5.74) is 0. The Hall–Kier alpha value is 0.457. The molecule has 0 aliphatic heterocycles. The Labute approximate surface area is 83.2 Å². The van der Waals surface area contributed by atoms with Gasteiger partial charge in [-0.1, -0.05) is 0 Å². The monoisotopic (exact) mass is 481 g/mol. The molecule has 0 spiro atoms. The van der Waals surface area contributed by atoms with Crippen molar-refractivity contribution in [3.63, 3.8) is 0 Å². The Kier molecular flexibility index (Phi) is 12.4. The van der Waals surface area contributed by atoms with Crippen molar-refractivity contribution in [1.29, 1.82) is 0 Å². The van der Waals surface area contributed by atoms with Crippen LogP contribution in [0.1, 0.15) is 6.92 Å². The van der Waals surface area contributed by atoms with Crippen LogP contribution in [0.4, 0.5) is 0 Å². The summed E-state index contributed by atoms with van der Waals surface area (Å²) in [7, 11) is 1.38. The molecular weight excluding hydrogens is 472 g/mol. The number of hydrogen-bond donors (Lipinski definition) is 0. The standard InChI is InChI=1S/C5H7O2.CH2.2W/c1-4(2)5(6)7-3;;;/h1H,2-3H3;1H2;;/q-1;;;. The molecule has 0 atom stereocenters. The zero-order valence-corrected chi connectivity index (χ0v) is 11.8. The van der Waals surface area contributed by atoms with E-state index in [1.54, 1.807) is 11.3 Å². The molecule has 0 amide bonds. The summed E-state index contributed by atoms with van der Waals surface area (Å²) >= 11 is 2.60. The molecule has 0 aromatic carbocycles. The first kappa shape index (κ1) is 13.1. The minimum atomic E-state index is -0.236. The van der Waals surface area contributed by atoms with Gasteiger partial charge in [-0.25, -0.2) is 0 Å². The fourth-order valence-electron chi connectivity index (χ4n) is 0.209. The molecule has 58 valence electrons. The Morgan fingerprint density at radius 1 is 1.70 bits per heavy atom. The summed E-state index contributed by atoms with van der Waals surface area (Å²) in [4.78, 5) is 13.8. The zero-order valence-electron chi connectivity index (χ0n) is 5.92. The molecule has 0 aromatic heterocycles. The van der Waals surface area contributed by atoms with Crippen LogP contribution in [-0.4, -0.2) is 22.4 Å². The van der Waals surface area contributed by atoms with Crippen LogP contribution in [0.3, 0.4) is 0 Å². The fraction of sp³-hybridized carbons (Fsp3) is 0.333. The Morgan fingerprint density at radius 2 is 2.10 bits per heavy atom. The molecule has 0 aromatic rings. The van der Waals surface area contributed by atoms with Crippen molar-refractivity contribution in [2.24, 2.45) is 0 Å². The first-order valence-electron chi connectivity index (χ1n) is 2.38. The second kappa shape index (κ2) is 9.46. The van der Waals surface area contributed by atoms with E-state index in [2.05, 4.69) is 9.64 Å². The van der Waals surface area contributed by atoms with Gasteiger partial charge in [0.1, 0.15) is 0 Å². The van der Waals surface area contributed by atoms with Gasteiger partial charge in [0.25, 0.3) is 0 Å². The Morgan fingerprint density at radius 3 is 2.20 bits per heavy atom. The van der Waals surface area contributed by atoms with E-state index in [1.165, 1.54) is 45.8 Å². The van der Waals surface area contributed by atoms with Gasteiger partial charge in [-0.2, -0.15) is 0 Å². The van der Waals surface area contributed by atoms with Gasteiger partial charge in [0.2, 0.25) is 0 Å². The number of ether oxygens (including phenoxy) is 1. The summed E-state index contributed by atoms with van der Waals surface area (Å²) in [6.07, 6.45) is 0. The molecule has 0 N–H and O–H groups in total. The second-order valence-electron chi connectivity index (χ2n) is 1.29. The number of hydrogen-bond acceptors (Lipinski definition) is 2. The summed E-state index contributed by atoms with van der Waals surface area (Å²) in [6, 6.07) is 0. The van der Waals surface area contributed by atoms with E-state index in [0.717, 1.165) is 0 Å². The maximum atomic E-state index is 10.5. The predicted octanol–water partition coefficient (Wildman–Crippen LogP) is 0.0680. The van der Waals surface area contributed by atoms with Crippen molar-refractivity contribution >= 4 is 15.3 Å². The van der Waals surface area contributed by atoms with Crippen LogP contribution in [0.2, 0.25) is 0 Å². The average molecular weight is 481 g/mol. The predicted molar refractivity (Wildman–Crippen MR) is 34.1 cm³/mol. The maximum absolute atomic E-state index is 10.5. The summed E-state index contributed by atoms with van der Waals surface area (Å²) in [5, 5.41) is 0. The fourth-order valence-corrected chi connectivity index (χ4v) is 0.555. The SMILES string of the molecule is COC(=O)[C-](C)[CH]=[W].[CH2]=[W]. The minimum absolute atomic E-state index is 0.236. The zero-order chi connectivity index (χ0) is 8.57. The molecule has 2 nitrogen and oxygen atoms in total. The van der Waals surface area contributed by atoms with Gasteiger partial charge in [-0.3, -0.25) is 0 Å². The Balaban J connectivity index is 0. The summed E-state index contributed by atoms with van der Waals surface area (Å²) in [5.74, 6) is 0.447. The normalized spacial score (nSPS) is 6.60. The molecule has 0 radical (unpaired) electrons. The molecule has 4 heteroatoms. The quantitative estimate of drug-likeness (QED) is 0.413. The molecule has 0 aliphatic rings. The first-order valence-corrected chi connectivity index (χ1v) is 6.15. The summed E-state index contributed by atoms with van der Waals surface area (Å²) in [6.45, 7) is 1.73. The number of carbonyl (C=O) groups is 1. The van der Waals surface area contributed by atoms with Gasteiger partial charge in [0, 0.05) is 0 Å². The number of methoxy groups -OCH3 is 1. The number of carbonyl (C=O) groups excluding carboxylic acids is 1. The van der Waals surface area contributed by atoms with E-state index < -0.39 is 0 Å². The van der Waals surface area contributed by atoms with Crippen molar-refractivity contribution in [2.75, 3.05) is 7.11 Å². The van der Waals surface area contributed by atoms with Gasteiger partial charge in [0.05, 0.1) is 0 Å². The third-order valence-electron chi connectivity index (χ3n) is 0.684. The van der Waals surface area contributed by atoms with E-state index in [1.807, 2.05) is 0 Å². The van der Waals surface area contributed by atoms with Gasteiger partial charge >= 0.3 is 83.5 Å². The van der Waals surface area contributed by atoms with Crippen LogP contribution in [0.25, 0.3) is 0 Å². The van der Waals surface area contributed by atoms with Crippen LogP contribution in [0.15, 0.2) is 0 Å². The molecular formula is C6H9O2W2-. The topological polar surface area (TPSA) is 26.3 Å². The molecule has 0 saturated heterocycles. The van der Waals surface area contributed by atoms with Crippen LogP contribution in [0, 0.1) is 5.92 Å². The van der Waals surface area contributed by atoms with Crippen LogP contribution < -0.4 is 0 Å². The van der Waals surface area contributed by atoms with Crippen LogP contribution >= 0.6 is 0 Å². The number of esters is 1. The molecule has 0 saturated carbocycles.